The van der Waals surface area contributed by atoms with Crippen molar-refractivity contribution in [1.29, 1.82) is 0 Å². The molecule has 0 aromatic heterocycles. The lowest BCUT2D eigenvalue weighted by molar-refractivity contribution is -0.131. The van der Waals surface area contributed by atoms with Gasteiger partial charge in [0.05, 0.1) is 4.47 Å². The molecule has 0 atom stereocenters. The summed E-state index contributed by atoms with van der Waals surface area (Å²) in [5.41, 5.74) is 5.94. The average molecular weight is 499 g/mol. The lowest BCUT2D eigenvalue weighted by atomic mass is 9.82. The Kier molecular flexibility index (Phi) is 7.75. The molecule has 3 rings (SSSR count). The van der Waals surface area contributed by atoms with Gasteiger partial charge in [0.1, 0.15) is 11.5 Å². The first-order chi connectivity index (χ1) is 15.3. The fraction of sp³-hybridized carbons (Fsp3) is 0.280. The first kappa shape index (κ1) is 23.6. The molecule has 0 saturated carbocycles. The van der Waals surface area contributed by atoms with E-state index in [4.69, 9.17) is 9.47 Å². The number of nitrogens with one attached hydrogen (secondary N) is 2. The Morgan fingerprint density at radius 3 is 2.16 bits per heavy atom. The van der Waals surface area contributed by atoms with Gasteiger partial charge in [-0.15, -0.1) is 0 Å². The molecule has 3 aromatic carbocycles. The van der Waals surface area contributed by atoms with Crippen LogP contribution in [0.4, 0.5) is 0 Å². The standard InChI is InChI=1S/C25H27BrN2O4/c1-4-25(2,3)18-10-12-19(13-11-18)31-15-22(29)27-28-23(30)16-32-21-14-9-17-7-5-6-8-20(17)24(21)26/h5-14H,4,15-16H2,1-3H3,(H,27,29)(H,28,30). The van der Waals surface area contributed by atoms with Gasteiger partial charge < -0.3 is 9.47 Å². The molecule has 2 amide bonds. The fourth-order valence-corrected chi connectivity index (χ4v) is 3.64. The second kappa shape index (κ2) is 10.5. The maximum atomic E-state index is 12.0. The maximum Gasteiger partial charge on any atom is 0.276 e. The molecule has 0 spiro atoms. The van der Waals surface area contributed by atoms with E-state index in [0.717, 1.165) is 21.7 Å². The molecule has 0 aliphatic heterocycles. The fourth-order valence-electron chi connectivity index (χ4n) is 3.04. The van der Waals surface area contributed by atoms with Crippen molar-refractivity contribution < 1.29 is 19.1 Å². The Morgan fingerprint density at radius 2 is 1.50 bits per heavy atom. The molecule has 0 aliphatic carbocycles. The van der Waals surface area contributed by atoms with Crippen LogP contribution >= 0.6 is 15.9 Å². The van der Waals surface area contributed by atoms with E-state index in [9.17, 15) is 9.59 Å². The van der Waals surface area contributed by atoms with Crippen molar-refractivity contribution >= 4 is 38.5 Å². The van der Waals surface area contributed by atoms with Crippen LogP contribution in [0.2, 0.25) is 0 Å². The molecule has 3 aromatic rings. The van der Waals surface area contributed by atoms with Crippen molar-refractivity contribution in [3.63, 3.8) is 0 Å². The van der Waals surface area contributed by atoms with Crippen LogP contribution in [0, 0.1) is 0 Å². The van der Waals surface area contributed by atoms with Crippen molar-refractivity contribution in [2.45, 2.75) is 32.6 Å². The summed E-state index contributed by atoms with van der Waals surface area (Å²) in [4.78, 5) is 24.0. The Morgan fingerprint density at radius 1 is 0.875 bits per heavy atom. The van der Waals surface area contributed by atoms with Crippen molar-refractivity contribution in [1.82, 2.24) is 10.9 Å². The number of hydrogen-bond donors (Lipinski definition) is 2. The third-order valence-corrected chi connectivity index (χ3v) is 6.24. The summed E-state index contributed by atoms with van der Waals surface area (Å²) in [5, 5.41) is 2.05. The molecule has 0 heterocycles. The van der Waals surface area contributed by atoms with Gasteiger partial charge in [-0.1, -0.05) is 63.2 Å². The van der Waals surface area contributed by atoms with Gasteiger partial charge in [-0.25, -0.2) is 0 Å². The van der Waals surface area contributed by atoms with E-state index in [1.807, 2.05) is 54.6 Å². The van der Waals surface area contributed by atoms with Crippen LogP contribution in [0.25, 0.3) is 10.8 Å². The minimum Gasteiger partial charge on any atom is -0.484 e. The first-order valence-electron chi connectivity index (χ1n) is 10.4. The molecule has 0 unspecified atom stereocenters. The highest BCUT2D eigenvalue weighted by atomic mass is 79.9. The van der Waals surface area contributed by atoms with Gasteiger partial charge in [0.2, 0.25) is 0 Å². The topological polar surface area (TPSA) is 76.7 Å². The summed E-state index contributed by atoms with van der Waals surface area (Å²) in [6.45, 7) is 6.05. The van der Waals surface area contributed by atoms with E-state index in [-0.39, 0.29) is 18.6 Å². The van der Waals surface area contributed by atoms with Crippen LogP contribution < -0.4 is 20.3 Å². The second-order valence-corrected chi connectivity index (χ2v) is 8.83. The number of fused-ring (bicyclic) bond motifs is 1. The number of carbonyl (C=O) groups is 2. The van der Waals surface area contributed by atoms with Crippen molar-refractivity contribution in [2.75, 3.05) is 13.2 Å². The summed E-state index contributed by atoms with van der Waals surface area (Å²) in [6.07, 6.45) is 1.02. The van der Waals surface area contributed by atoms with Gasteiger partial charge >= 0.3 is 0 Å². The third-order valence-electron chi connectivity index (χ3n) is 5.42. The van der Waals surface area contributed by atoms with Crippen LogP contribution in [0.1, 0.15) is 32.8 Å². The quantitative estimate of drug-likeness (QED) is 0.433. The zero-order valence-electron chi connectivity index (χ0n) is 18.4. The molecule has 168 valence electrons. The number of benzene rings is 3. The summed E-state index contributed by atoms with van der Waals surface area (Å²) < 4.78 is 11.8. The average Bonchev–Trinajstić information content (AvgIpc) is 2.81. The molecule has 0 fully saturated rings. The van der Waals surface area contributed by atoms with Gasteiger partial charge in [-0.05, 0) is 62.3 Å². The van der Waals surface area contributed by atoms with Crippen molar-refractivity contribution in [2.24, 2.45) is 0 Å². The molecule has 0 aliphatic rings. The van der Waals surface area contributed by atoms with Crippen LogP contribution in [0.15, 0.2) is 65.1 Å². The zero-order chi connectivity index (χ0) is 23.1. The zero-order valence-corrected chi connectivity index (χ0v) is 20.0. The molecule has 6 nitrogen and oxygen atoms in total. The summed E-state index contributed by atoms with van der Waals surface area (Å²) >= 11 is 3.51. The van der Waals surface area contributed by atoms with Crippen LogP contribution in [-0.4, -0.2) is 25.0 Å². The van der Waals surface area contributed by atoms with Gasteiger partial charge in [-0.2, -0.15) is 0 Å². The Labute approximate surface area is 196 Å². The number of hydrazine groups is 1. The van der Waals surface area contributed by atoms with Gasteiger partial charge in [0.25, 0.3) is 11.8 Å². The normalized spacial score (nSPS) is 11.1. The van der Waals surface area contributed by atoms with Gasteiger partial charge in [-0.3, -0.25) is 20.4 Å². The van der Waals surface area contributed by atoms with Crippen molar-refractivity contribution in [3.8, 4) is 11.5 Å². The van der Waals surface area contributed by atoms with Gasteiger partial charge in [0, 0.05) is 0 Å². The van der Waals surface area contributed by atoms with E-state index in [1.165, 1.54) is 5.56 Å². The molecular weight excluding hydrogens is 472 g/mol. The molecule has 32 heavy (non-hydrogen) atoms. The number of halogens is 1. The molecule has 0 radical (unpaired) electrons. The van der Waals surface area contributed by atoms with E-state index in [1.54, 1.807) is 6.07 Å². The summed E-state index contributed by atoms with van der Waals surface area (Å²) in [7, 11) is 0. The number of rotatable bonds is 8. The Balaban J connectivity index is 1.42. The van der Waals surface area contributed by atoms with Crippen molar-refractivity contribution in [3.05, 3.63) is 70.7 Å². The predicted octanol–water partition coefficient (Wildman–Crippen LogP) is 4.90. The minimum atomic E-state index is -0.482. The van der Waals surface area contributed by atoms with Gasteiger partial charge in [0.15, 0.2) is 13.2 Å². The number of hydrogen-bond acceptors (Lipinski definition) is 4. The lowest BCUT2D eigenvalue weighted by Crippen LogP contribution is -2.45. The molecule has 0 saturated heterocycles. The largest absolute Gasteiger partial charge is 0.484 e. The Hall–Kier alpha value is -3.06. The highest BCUT2D eigenvalue weighted by Crippen LogP contribution is 2.33. The summed E-state index contributed by atoms with van der Waals surface area (Å²) in [6, 6.07) is 19.2. The molecule has 2 N–H and O–H groups in total. The third kappa shape index (κ3) is 6.01. The molecule has 0 bridgehead atoms. The lowest BCUT2D eigenvalue weighted by Gasteiger charge is -2.23. The molecular formula is C25H27BrN2O4. The smallest absolute Gasteiger partial charge is 0.276 e. The van der Waals surface area contributed by atoms with Crippen LogP contribution in [-0.2, 0) is 15.0 Å². The van der Waals surface area contributed by atoms with E-state index < -0.39 is 11.8 Å². The first-order valence-corrected chi connectivity index (χ1v) is 11.2. The van der Waals surface area contributed by atoms with E-state index in [0.29, 0.717) is 11.5 Å². The number of ether oxygens (including phenoxy) is 2. The number of carbonyl (C=O) groups excluding carboxylic acids is 2. The highest BCUT2D eigenvalue weighted by Gasteiger charge is 2.17. The maximum absolute atomic E-state index is 12.0. The van der Waals surface area contributed by atoms with E-state index in [2.05, 4.69) is 47.6 Å². The summed E-state index contributed by atoms with van der Waals surface area (Å²) in [5.74, 6) is 0.183. The SMILES string of the molecule is CCC(C)(C)c1ccc(OCC(=O)NNC(=O)COc2ccc3ccccc3c2Br)cc1. The minimum absolute atomic E-state index is 0.0880. The number of amides is 2. The Bertz CT molecular complexity index is 1100. The van der Waals surface area contributed by atoms with Crippen LogP contribution in [0.5, 0.6) is 11.5 Å². The van der Waals surface area contributed by atoms with E-state index >= 15 is 0 Å². The molecule has 7 heteroatoms. The monoisotopic (exact) mass is 498 g/mol. The highest BCUT2D eigenvalue weighted by molar-refractivity contribution is 9.10. The second-order valence-electron chi connectivity index (χ2n) is 8.03. The van der Waals surface area contributed by atoms with Crippen LogP contribution in [0.3, 0.4) is 0 Å². The predicted molar refractivity (Wildman–Crippen MR) is 129 cm³/mol.